The van der Waals surface area contributed by atoms with Gasteiger partial charge < -0.3 is 5.11 Å². The number of aliphatic hydroxyl groups is 1. The monoisotopic (exact) mass is 254 g/mol. The molecule has 0 aliphatic heterocycles. The van der Waals surface area contributed by atoms with Crippen LogP contribution in [0.2, 0.25) is 0 Å². The van der Waals surface area contributed by atoms with E-state index in [0.29, 0.717) is 10.7 Å². The van der Waals surface area contributed by atoms with E-state index >= 15 is 0 Å². The summed E-state index contributed by atoms with van der Waals surface area (Å²) in [6.07, 6.45) is 8.95. The van der Waals surface area contributed by atoms with Crippen molar-refractivity contribution in [3.05, 3.63) is 0 Å². The van der Waals surface area contributed by atoms with E-state index in [2.05, 4.69) is 6.92 Å². The number of hydrogen-bond donors (Lipinski definition) is 1. The zero-order valence-corrected chi connectivity index (χ0v) is 12.0. The van der Waals surface area contributed by atoms with Crippen molar-refractivity contribution in [2.75, 3.05) is 5.75 Å². The molecule has 4 bridgehead atoms. The van der Waals surface area contributed by atoms with Crippen molar-refractivity contribution in [2.24, 2.45) is 23.2 Å². The lowest BCUT2D eigenvalue weighted by atomic mass is 9.50. The van der Waals surface area contributed by atoms with Gasteiger partial charge in [0.05, 0.1) is 6.10 Å². The zero-order chi connectivity index (χ0) is 12.0. The van der Waals surface area contributed by atoms with Crippen LogP contribution in [0.15, 0.2) is 0 Å². The molecular formula is C15H26OS. The highest BCUT2D eigenvalue weighted by molar-refractivity contribution is 7.99. The maximum atomic E-state index is 9.61. The van der Waals surface area contributed by atoms with Gasteiger partial charge in [0.25, 0.3) is 0 Å². The van der Waals surface area contributed by atoms with Gasteiger partial charge in [0, 0.05) is 5.25 Å². The Bertz CT molecular complexity index is 251. The lowest BCUT2D eigenvalue weighted by molar-refractivity contribution is -0.0382. The largest absolute Gasteiger partial charge is 0.392 e. The van der Waals surface area contributed by atoms with Gasteiger partial charge in [-0.25, -0.2) is 0 Å². The highest BCUT2D eigenvalue weighted by Gasteiger charge is 2.50. The molecule has 0 amide bonds. The average Bonchev–Trinajstić information content (AvgIpc) is 2.24. The molecule has 17 heavy (non-hydrogen) atoms. The first-order valence-electron chi connectivity index (χ1n) is 7.36. The summed E-state index contributed by atoms with van der Waals surface area (Å²) in [5, 5.41) is 10.0. The minimum absolute atomic E-state index is 0.158. The van der Waals surface area contributed by atoms with E-state index in [9.17, 15) is 5.11 Å². The molecule has 4 rings (SSSR count). The number of thioether (sulfide) groups is 1. The van der Waals surface area contributed by atoms with Gasteiger partial charge in [0.1, 0.15) is 0 Å². The van der Waals surface area contributed by atoms with Crippen molar-refractivity contribution in [1.29, 1.82) is 0 Å². The molecule has 0 radical (unpaired) electrons. The molecule has 98 valence electrons. The Morgan fingerprint density at radius 2 is 1.53 bits per heavy atom. The Kier molecular flexibility index (Phi) is 3.23. The van der Waals surface area contributed by atoms with Crippen LogP contribution in [0.25, 0.3) is 0 Å². The van der Waals surface area contributed by atoms with E-state index < -0.39 is 0 Å². The van der Waals surface area contributed by atoms with Gasteiger partial charge in [-0.1, -0.05) is 6.92 Å². The van der Waals surface area contributed by atoms with E-state index in [1.807, 2.05) is 18.7 Å². The average molecular weight is 254 g/mol. The molecule has 2 atom stereocenters. The molecule has 4 aliphatic rings. The van der Waals surface area contributed by atoms with Crippen molar-refractivity contribution in [3.8, 4) is 0 Å². The summed E-state index contributed by atoms with van der Waals surface area (Å²) < 4.78 is 0. The van der Waals surface area contributed by atoms with Gasteiger partial charge in [0.15, 0.2) is 0 Å². The van der Waals surface area contributed by atoms with Crippen LogP contribution in [0.3, 0.4) is 0 Å². The van der Waals surface area contributed by atoms with E-state index in [-0.39, 0.29) is 6.10 Å². The standard InChI is InChI=1S/C15H26OS/c1-10(16)11(2)17-9-15-6-12-3-13(7-15)5-14(4-12)8-15/h10-14,16H,3-9H2,1-2H3. The fourth-order valence-electron chi connectivity index (χ4n) is 4.91. The second-order valence-electron chi connectivity index (χ2n) is 7.17. The third-order valence-corrected chi connectivity index (χ3v) is 7.20. The number of rotatable bonds is 4. The molecule has 1 N–H and O–H groups in total. The second kappa shape index (κ2) is 4.45. The van der Waals surface area contributed by atoms with Crippen LogP contribution in [-0.2, 0) is 0 Å². The zero-order valence-electron chi connectivity index (χ0n) is 11.2. The Morgan fingerprint density at radius 3 is 1.94 bits per heavy atom. The molecule has 1 nitrogen and oxygen atoms in total. The van der Waals surface area contributed by atoms with Crippen molar-refractivity contribution >= 4 is 11.8 Å². The van der Waals surface area contributed by atoms with Gasteiger partial charge in [-0.15, -0.1) is 0 Å². The third kappa shape index (κ3) is 2.40. The SMILES string of the molecule is CC(O)C(C)SCC12CC3CC(CC(C3)C1)C2. The number of aliphatic hydroxyl groups excluding tert-OH is 1. The van der Waals surface area contributed by atoms with Crippen LogP contribution in [0.5, 0.6) is 0 Å². The summed E-state index contributed by atoms with van der Waals surface area (Å²) in [6, 6.07) is 0. The van der Waals surface area contributed by atoms with Gasteiger partial charge in [-0.3, -0.25) is 0 Å². The lowest BCUT2D eigenvalue weighted by Gasteiger charge is -2.57. The minimum atomic E-state index is -0.158. The molecule has 0 spiro atoms. The normalized spacial score (nSPS) is 47.1. The molecular weight excluding hydrogens is 228 g/mol. The predicted molar refractivity (Wildman–Crippen MR) is 74.2 cm³/mol. The van der Waals surface area contributed by atoms with E-state index in [1.165, 1.54) is 44.3 Å². The molecule has 4 fully saturated rings. The van der Waals surface area contributed by atoms with Crippen LogP contribution in [0.4, 0.5) is 0 Å². The van der Waals surface area contributed by atoms with Gasteiger partial charge in [0.2, 0.25) is 0 Å². The van der Waals surface area contributed by atoms with Crippen LogP contribution in [0.1, 0.15) is 52.4 Å². The van der Waals surface area contributed by atoms with E-state index in [1.54, 1.807) is 0 Å². The first-order chi connectivity index (χ1) is 8.06. The van der Waals surface area contributed by atoms with Crippen molar-refractivity contribution in [3.63, 3.8) is 0 Å². The van der Waals surface area contributed by atoms with Crippen molar-refractivity contribution in [1.82, 2.24) is 0 Å². The summed E-state index contributed by atoms with van der Waals surface area (Å²) in [7, 11) is 0. The molecule has 0 aromatic carbocycles. The predicted octanol–water partition coefficient (Wildman–Crippen LogP) is 3.71. The van der Waals surface area contributed by atoms with Gasteiger partial charge in [-0.2, -0.15) is 11.8 Å². The van der Waals surface area contributed by atoms with Gasteiger partial charge in [-0.05, 0) is 74.4 Å². The Hall–Kier alpha value is 0.310. The van der Waals surface area contributed by atoms with Gasteiger partial charge >= 0.3 is 0 Å². The van der Waals surface area contributed by atoms with Crippen LogP contribution < -0.4 is 0 Å². The second-order valence-corrected chi connectivity index (χ2v) is 8.54. The topological polar surface area (TPSA) is 20.2 Å². The smallest absolute Gasteiger partial charge is 0.0627 e. The quantitative estimate of drug-likeness (QED) is 0.825. The molecule has 0 aromatic rings. The first-order valence-corrected chi connectivity index (χ1v) is 8.41. The van der Waals surface area contributed by atoms with Crippen LogP contribution in [0, 0.1) is 23.2 Å². The number of hydrogen-bond acceptors (Lipinski definition) is 2. The van der Waals surface area contributed by atoms with Crippen molar-refractivity contribution in [2.45, 2.75) is 63.7 Å². The van der Waals surface area contributed by atoms with Crippen LogP contribution >= 0.6 is 11.8 Å². The molecule has 0 heterocycles. The maximum absolute atomic E-state index is 9.61. The van der Waals surface area contributed by atoms with Crippen molar-refractivity contribution < 1.29 is 5.11 Å². The Balaban J connectivity index is 1.62. The molecule has 0 aromatic heterocycles. The molecule has 2 heteroatoms. The molecule has 4 aliphatic carbocycles. The molecule has 2 unspecified atom stereocenters. The van der Waals surface area contributed by atoms with E-state index in [4.69, 9.17) is 0 Å². The third-order valence-electron chi connectivity index (χ3n) is 5.50. The Labute approximate surface area is 110 Å². The molecule has 0 saturated heterocycles. The first kappa shape index (κ1) is 12.3. The maximum Gasteiger partial charge on any atom is 0.0627 e. The fourth-order valence-corrected chi connectivity index (χ4v) is 6.16. The highest BCUT2D eigenvalue weighted by atomic mass is 32.2. The summed E-state index contributed by atoms with van der Waals surface area (Å²) >= 11 is 2.02. The Morgan fingerprint density at radius 1 is 1.06 bits per heavy atom. The lowest BCUT2D eigenvalue weighted by Crippen LogP contribution is -2.47. The molecule has 4 saturated carbocycles. The van der Waals surface area contributed by atoms with Crippen LogP contribution in [-0.4, -0.2) is 22.2 Å². The highest BCUT2D eigenvalue weighted by Crippen LogP contribution is 2.61. The summed E-state index contributed by atoms with van der Waals surface area (Å²) in [6.45, 7) is 4.10. The minimum Gasteiger partial charge on any atom is -0.392 e. The van der Waals surface area contributed by atoms with E-state index in [0.717, 1.165) is 17.8 Å². The summed E-state index contributed by atoms with van der Waals surface area (Å²) in [5.74, 6) is 4.49. The fraction of sp³-hybridized carbons (Fsp3) is 1.00. The summed E-state index contributed by atoms with van der Waals surface area (Å²) in [4.78, 5) is 0. The summed E-state index contributed by atoms with van der Waals surface area (Å²) in [5.41, 5.74) is 0.669.